The number of nitrogens with zero attached hydrogens (tertiary/aromatic N) is 3. The van der Waals surface area contributed by atoms with E-state index < -0.39 is 0 Å². The Labute approximate surface area is 211 Å². The Morgan fingerprint density at radius 2 is 1.74 bits per heavy atom. The summed E-state index contributed by atoms with van der Waals surface area (Å²) in [5, 5.41) is 4.99. The van der Waals surface area contributed by atoms with Crippen LogP contribution in [-0.4, -0.2) is 14.7 Å². The molecule has 2 aromatic heterocycles. The van der Waals surface area contributed by atoms with Gasteiger partial charge in [-0.3, -0.25) is 4.98 Å². The minimum atomic E-state index is -0.0836. The normalized spacial score (nSPS) is 17.8. The number of rotatable bonds is 5. The van der Waals surface area contributed by atoms with Crippen molar-refractivity contribution in [1.29, 1.82) is 0 Å². The van der Waals surface area contributed by atoms with Gasteiger partial charge in [-0.1, -0.05) is 48.9 Å². The number of nitrogens with one attached hydrogen (secondary N) is 1. The van der Waals surface area contributed by atoms with E-state index in [4.69, 9.17) is 23.8 Å². The highest BCUT2D eigenvalue weighted by Crippen LogP contribution is 2.44. The largest absolute Gasteiger partial charge is 0.351 e. The highest BCUT2D eigenvalue weighted by molar-refractivity contribution is 7.80. The topological polar surface area (TPSA) is 33.1 Å². The van der Waals surface area contributed by atoms with Crippen LogP contribution < -0.4 is 10.2 Å². The molecule has 2 atom stereocenters. The van der Waals surface area contributed by atoms with E-state index >= 15 is 0 Å². The number of benzene rings is 2. The molecule has 0 aliphatic carbocycles. The molecule has 1 N–H and O–H groups in total. The third-order valence-corrected chi connectivity index (χ3v) is 7.24. The van der Waals surface area contributed by atoms with Crippen molar-refractivity contribution in [2.24, 2.45) is 0 Å². The summed E-state index contributed by atoms with van der Waals surface area (Å²) in [5.74, 6) is 0. The lowest BCUT2D eigenvalue weighted by Crippen LogP contribution is -2.29. The van der Waals surface area contributed by atoms with E-state index in [0.717, 1.165) is 39.9 Å². The summed E-state index contributed by atoms with van der Waals surface area (Å²) in [6.07, 6.45) is 2.84. The van der Waals surface area contributed by atoms with Crippen LogP contribution in [-0.2, 0) is 6.42 Å². The van der Waals surface area contributed by atoms with E-state index in [-0.39, 0.29) is 12.1 Å². The monoisotopic (exact) mass is 486 g/mol. The number of anilines is 1. The van der Waals surface area contributed by atoms with Crippen molar-refractivity contribution in [2.75, 3.05) is 4.90 Å². The van der Waals surface area contributed by atoms with Crippen molar-refractivity contribution in [1.82, 2.24) is 14.9 Å². The summed E-state index contributed by atoms with van der Waals surface area (Å²) >= 11 is 12.5. The predicted molar refractivity (Wildman–Crippen MR) is 144 cm³/mol. The van der Waals surface area contributed by atoms with Crippen molar-refractivity contribution in [3.63, 3.8) is 0 Å². The van der Waals surface area contributed by atoms with Gasteiger partial charge in [0.15, 0.2) is 5.11 Å². The minimum absolute atomic E-state index is 0.0580. The van der Waals surface area contributed by atoms with Crippen LogP contribution in [0, 0.1) is 13.8 Å². The first-order valence-electron chi connectivity index (χ1n) is 11.5. The number of hydrogen-bond acceptors (Lipinski definition) is 2. The first kappa shape index (κ1) is 22.6. The van der Waals surface area contributed by atoms with Crippen LogP contribution in [0.4, 0.5) is 5.69 Å². The summed E-state index contributed by atoms with van der Waals surface area (Å²) in [7, 11) is 0. The SMILES string of the molecule is CCc1ccc(N2C(=S)N[C@@H](c3ccccn3)[C@@H]2c2cc(C)n(-c3ccccc3Cl)c2C)cc1. The molecular weight excluding hydrogens is 460 g/mol. The van der Waals surface area contributed by atoms with E-state index in [1.54, 1.807) is 0 Å². The van der Waals surface area contributed by atoms with Crippen LogP contribution in [0.15, 0.2) is 79.0 Å². The maximum Gasteiger partial charge on any atom is 0.174 e. The van der Waals surface area contributed by atoms with Gasteiger partial charge in [-0.25, -0.2) is 0 Å². The molecule has 1 saturated heterocycles. The summed E-state index contributed by atoms with van der Waals surface area (Å²) in [4.78, 5) is 6.91. The fourth-order valence-corrected chi connectivity index (χ4v) is 5.50. The minimum Gasteiger partial charge on any atom is -0.351 e. The molecule has 0 saturated carbocycles. The first-order valence-corrected chi connectivity index (χ1v) is 12.3. The molecule has 4 aromatic rings. The lowest BCUT2D eigenvalue weighted by atomic mass is 9.96. The van der Waals surface area contributed by atoms with E-state index in [0.29, 0.717) is 5.11 Å². The molecule has 1 aliphatic heterocycles. The highest BCUT2D eigenvalue weighted by atomic mass is 35.5. The number of aryl methyl sites for hydroxylation is 2. The first-order chi connectivity index (χ1) is 16.5. The molecule has 6 heteroatoms. The smallest absolute Gasteiger partial charge is 0.174 e. The average Bonchev–Trinajstić information content (AvgIpc) is 3.35. The fraction of sp³-hybridized carbons (Fsp3) is 0.214. The van der Waals surface area contributed by atoms with Gasteiger partial charge in [0.1, 0.15) is 0 Å². The van der Waals surface area contributed by atoms with Crippen LogP contribution in [0.5, 0.6) is 0 Å². The molecule has 1 fully saturated rings. The van der Waals surface area contributed by atoms with Crippen LogP contribution in [0.25, 0.3) is 5.69 Å². The quantitative estimate of drug-likeness (QED) is 0.311. The second-order valence-electron chi connectivity index (χ2n) is 8.63. The Balaban J connectivity index is 1.68. The number of para-hydroxylation sites is 1. The van der Waals surface area contributed by atoms with Crippen molar-refractivity contribution in [3.8, 4) is 5.69 Å². The Kier molecular flexibility index (Phi) is 6.15. The van der Waals surface area contributed by atoms with Gasteiger partial charge in [0.05, 0.1) is 28.5 Å². The molecule has 0 unspecified atom stereocenters. The number of halogens is 1. The van der Waals surface area contributed by atoms with Gasteiger partial charge in [0.25, 0.3) is 0 Å². The van der Waals surface area contributed by atoms with Crippen LogP contribution in [0.3, 0.4) is 0 Å². The molecule has 0 amide bonds. The van der Waals surface area contributed by atoms with E-state index in [1.165, 1.54) is 11.1 Å². The third-order valence-electron chi connectivity index (χ3n) is 6.60. The zero-order valence-electron chi connectivity index (χ0n) is 19.5. The lowest BCUT2D eigenvalue weighted by molar-refractivity contribution is 0.565. The van der Waals surface area contributed by atoms with Gasteiger partial charge in [0.2, 0.25) is 0 Å². The second-order valence-corrected chi connectivity index (χ2v) is 9.42. The molecule has 0 bridgehead atoms. The van der Waals surface area contributed by atoms with E-state index in [1.807, 2.05) is 36.5 Å². The van der Waals surface area contributed by atoms with Crippen LogP contribution >= 0.6 is 23.8 Å². The number of hydrogen-bond donors (Lipinski definition) is 1. The van der Waals surface area contributed by atoms with Gasteiger partial charge in [-0.15, -0.1) is 0 Å². The number of thiocarbonyl (C=S) groups is 1. The Bertz CT molecular complexity index is 1330. The molecule has 4 nitrogen and oxygen atoms in total. The van der Waals surface area contributed by atoms with Crippen molar-refractivity contribution in [3.05, 3.63) is 112 Å². The molecule has 2 aromatic carbocycles. The van der Waals surface area contributed by atoms with Gasteiger partial charge < -0.3 is 14.8 Å². The molecule has 1 aliphatic rings. The average molecular weight is 487 g/mol. The van der Waals surface area contributed by atoms with Crippen molar-refractivity contribution < 1.29 is 0 Å². The maximum absolute atomic E-state index is 6.60. The zero-order chi connectivity index (χ0) is 23.8. The van der Waals surface area contributed by atoms with Gasteiger partial charge in [0, 0.05) is 23.3 Å². The highest BCUT2D eigenvalue weighted by Gasteiger charge is 2.42. The number of pyridine rings is 1. The lowest BCUT2D eigenvalue weighted by Gasteiger charge is -2.28. The molecular formula is C28H27ClN4S. The molecule has 34 heavy (non-hydrogen) atoms. The second kappa shape index (κ2) is 9.24. The van der Waals surface area contributed by atoms with Crippen LogP contribution in [0.2, 0.25) is 5.02 Å². The Morgan fingerprint density at radius 3 is 2.41 bits per heavy atom. The van der Waals surface area contributed by atoms with Crippen LogP contribution in [0.1, 0.15) is 47.2 Å². The van der Waals surface area contributed by atoms with E-state index in [2.05, 4.69) is 83.0 Å². The summed E-state index contributed by atoms with van der Waals surface area (Å²) < 4.78 is 2.23. The Morgan fingerprint density at radius 1 is 1.00 bits per heavy atom. The fourth-order valence-electron chi connectivity index (χ4n) is 4.93. The molecule has 0 radical (unpaired) electrons. The predicted octanol–water partition coefficient (Wildman–Crippen LogP) is 6.88. The standard InChI is InChI=1S/C28H27ClN4S/c1-4-20-12-14-21(15-13-20)33-27(26(31-28(33)34)24-10-7-8-16-30-24)22-17-18(2)32(19(22)3)25-11-6-5-9-23(25)29/h5-17,26-27H,4H2,1-3H3,(H,31,34)/t26-,27-/m0/s1. The zero-order valence-corrected chi connectivity index (χ0v) is 21.1. The van der Waals surface area contributed by atoms with Crippen molar-refractivity contribution in [2.45, 2.75) is 39.3 Å². The van der Waals surface area contributed by atoms with E-state index in [9.17, 15) is 0 Å². The molecule has 5 rings (SSSR count). The molecule has 3 heterocycles. The van der Waals surface area contributed by atoms with Gasteiger partial charge >= 0.3 is 0 Å². The summed E-state index contributed by atoms with van der Waals surface area (Å²) in [5.41, 5.74) is 7.77. The van der Waals surface area contributed by atoms with Gasteiger partial charge in [-0.2, -0.15) is 0 Å². The maximum atomic E-state index is 6.60. The molecule has 172 valence electrons. The van der Waals surface area contributed by atoms with Crippen molar-refractivity contribution >= 4 is 34.6 Å². The number of aromatic nitrogens is 2. The summed E-state index contributed by atoms with van der Waals surface area (Å²) in [6.45, 7) is 6.44. The summed E-state index contributed by atoms with van der Waals surface area (Å²) in [6, 6.07) is 24.8. The Hall–Kier alpha value is -3.15. The van der Waals surface area contributed by atoms with Gasteiger partial charge in [-0.05, 0) is 86.1 Å². The third kappa shape index (κ3) is 3.89. The molecule has 0 spiro atoms.